The molecule has 0 aromatic heterocycles. The molecule has 3 N–H and O–H groups in total. The van der Waals surface area contributed by atoms with Crippen LogP contribution < -0.4 is 10.6 Å². The molecule has 3 atom stereocenters. The minimum absolute atomic E-state index is 0.0309. The second-order valence-electron chi connectivity index (χ2n) is 9.90. The number of aliphatic carboxylic acids is 1. The van der Waals surface area contributed by atoms with Gasteiger partial charge < -0.3 is 20.5 Å². The van der Waals surface area contributed by atoms with Gasteiger partial charge in [-0.2, -0.15) is 0 Å². The van der Waals surface area contributed by atoms with Crippen molar-refractivity contribution in [2.75, 3.05) is 13.2 Å². The van der Waals surface area contributed by atoms with Crippen LogP contribution in [-0.2, 0) is 14.3 Å². The first kappa shape index (κ1) is 24.8. The van der Waals surface area contributed by atoms with Crippen molar-refractivity contribution in [1.82, 2.24) is 10.6 Å². The van der Waals surface area contributed by atoms with E-state index in [0.29, 0.717) is 12.8 Å². The summed E-state index contributed by atoms with van der Waals surface area (Å²) < 4.78 is 5.59. The van der Waals surface area contributed by atoms with Crippen LogP contribution in [0.5, 0.6) is 0 Å². The lowest BCUT2D eigenvalue weighted by Gasteiger charge is -2.31. The Morgan fingerprint density at radius 2 is 1.57 bits per heavy atom. The molecule has 7 nitrogen and oxygen atoms in total. The average molecular weight is 479 g/mol. The van der Waals surface area contributed by atoms with Crippen molar-refractivity contribution in [3.8, 4) is 11.1 Å². The molecule has 2 aliphatic rings. The van der Waals surface area contributed by atoms with Crippen molar-refractivity contribution >= 4 is 18.0 Å². The van der Waals surface area contributed by atoms with Crippen molar-refractivity contribution in [2.45, 2.75) is 51.5 Å². The fourth-order valence-corrected chi connectivity index (χ4v) is 5.36. The molecule has 0 bridgehead atoms. The lowest BCUT2D eigenvalue weighted by atomic mass is 9.83. The highest BCUT2D eigenvalue weighted by Crippen LogP contribution is 2.44. The predicted octanol–water partition coefficient (Wildman–Crippen LogP) is 4.56. The zero-order valence-electron chi connectivity index (χ0n) is 20.3. The molecule has 0 spiro atoms. The standard InChI is InChI=1S/C28H34N2O5/c1-17(2)23(26(31)30-25-14-8-7-13-22(25)27(32)33)15-29-28(34)35-16-24-20-11-5-3-9-18(20)19-10-4-6-12-21(19)24/h3-6,9-12,17,22-25H,7-8,13-16H2,1-2H3,(H,29,34)(H,30,31)(H,32,33)/t22-,23?,25+/m1/s1. The third-order valence-corrected chi connectivity index (χ3v) is 7.36. The number of benzene rings is 2. The summed E-state index contributed by atoms with van der Waals surface area (Å²) in [5, 5.41) is 15.2. The van der Waals surface area contributed by atoms with Crippen LogP contribution in [0.2, 0.25) is 0 Å². The van der Waals surface area contributed by atoms with Crippen molar-refractivity contribution in [3.63, 3.8) is 0 Å². The molecule has 1 fully saturated rings. The van der Waals surface area contributed by atoms with Crippen LogP contribution in [-0.4, -0.2) is 42.3 Å². The molecule has 7 heteroatoms. The number of nitrogens with one attached hydrogen (secondary N) is 2. The Bertz CT molecular complexity index is 1040. The first-order chi connectivity index (χ1) is 16.9. The summed E-state index contributed by atoms with van der Waals surface area (Å²) in [6.45, 7) is 4.17. The summed E-state index contributed by atoms with van der Waals surface area (Å²) in [6, 6.07) is 15.9. The Balaban J connectivity index is 1.33. The number of carboxylic acid groups (broad SMARTS) is 1. The van der Waals surface area contributed by atoms with Crippen LogP contribution in [0.1, 0.15) is 56.6 Å². The molecule has 186 valence electrons. The maximum Gasteiger partial charge on any atom is 0.407 e. The Hall–Kier alpha value is -3.35. The summed E-state index contributed by atoms with van der Waals surface area (Å²) >= 11 is 0. The van der Waals surface area contributed by atoms with Gasteiger partial charge in [0.15, 0.2) is 0 Å². The summed E-state index contributed by atoms with van der Waals surface area (Å²) in [6.07, 6.45) is 2.43. The topological polar surface area (TPSA) is 105 Å². The van der Waals surface area contributed by atoms with Crippen LogP contribution in [0.3, 0.4) is 0 Å². The summed E-state index contributed by atoms with van der Waals surface area (Å²) in [4.78, 5) is 37.1. The maximum absolute atomic E-state index is 13.0. The van der Waals surface area contributed by atoms with E-state index in [0.717, 1.165) is 35.1 Å². The van der Waals surface area contributed by atoms with Gasteiger partial charge in [-0.25, -0.2) is 4.79 Å². The highest BCUT2D eigenvalue weighted by Gasteiger charge is 2.34. The van der Waals surface area contributed by atoms with Gasteiger partial charge in [0, 0.05) is 18.5 Å². The molecule has 35 heavy (non-hydrogen) atoms. The average Bonchev–Trinajstić information content (AvgIpc) is 3.16. The Morgan fingerprint density at radius 1 is 0.971 bits per heavy atom. The third kappa shape index (κ3) is 5.50. The van der Waals surface area contributed by atoms with Gasteiger partial charge >= 0.3 is 12.1 Å². The van der Waals surface area contributed by atoms with Crippen LogP contribution >= 0.6 is 0 Å². The number of amides is 2. The van der Waals surface area contributed by atoms with E-state index in [1.54, 1.807) is 0 Å². The first-order valence-electron chi connectivity index (χ1n) is 12.5. The molecular weight excluding hydrogens is 444 g/mol. The lowest BCUT2D eigenvalue weighted by Crippen LogP contribution is -2.50. The van der Waals surface area contributed by atoms with E-state index in [9.17, 15) is 19.5 Å². The van der Waals surface area contributed by atoms with Gasteiger partial charge in [0.05, 0.1) is 11.8 Å². The highest BCUT2D eigenvalue weighted by atomic mass is 16.5. The second-order valence-corrected chi connectivity index (χ2v) is 9.90. The van der Waals surface area contributed by atoms with E-state index in [1.165, 1.54) is 0 Å². The number of carboxylic acids is 1. The predicted molar refractivity (Wildman–Crippen MR) is 133 cm³/mol. The van der Waals surface area contributed by atoms with E-state index in [2.05, 4.69) is 34.9 Å². The number of carbonyl (C=O) groups is 3. The largest absolute Gasteiger partial charge is 0.481 e. The normalized spacial score (nSPS) is 20.0. The smallest absolute Gasteiger partial charge is 0.407 e. The number of fused-ring (bicyclic) bond motifs is 3. The molecule has 0 saturated heterocycles. The van der Waals surface area contributed by atoms with Gasteiger partial charge in [0.2, 0.25) is 5.91 Å². The monoisotopic (exact) mass is 478 g/mol. The van der Waals surface area contributed by atoms with Crippen LogP contribution in [0.25, 0.3) is 11.1 Å². The molecule has 0 heterocycles. The molecule has 2 aromatic rings. The molecular formula is C28H34N2O5. The number of carbonyl (C=O) groups excluding carboxylic acids is 2. The van der Waals surface area contributed by atoms with Crippen LogP contribution in [0, 0.1) is 17.8 Å². The molecule has 1 unspecified atom stereocenters. The van der Waals surface area contributed by atoms with Gasteiger partial charge in [-0.3, -0.25) is 9.59 Å². The first-order valence-corrected chi connectivity index (χ1v) is 12.5. The number of hydrogen-bond donors (Lipinski definition) is 3. The van der Waals surface area contributed by atoms with Gasteiger partial charge in [-0.15, -0.1) is 0 Å². The SMILES string of the molecule is CC(C)C(CNC(=O)OCC1c2ccccc2-c2ccccc21)C(=O)N[C@H]1CCCC[C@H]1C(=O)O. The second kappa shape index (κ2) is 10.9. The van der Waals surface area contributed by atoms with Gasteiger partial charge in [-0.05, 0) is 41.0 Å². The molecule has 1 saturated carbocycles. The van der Waals surface area contributed by atoms with E-state index in [4.69, 9.17) is 4.74 Å². The fourth-order valence-electron chi connectivity index (χ4n) is 5.36. The van der Waals surface area contributed by atoms with E-state index in [1.807, 2.05) is 38.1 Å². The number of alkyl carbamates (subject to hydrolysis) is 1. The lowest BCUT2D eigenvalue weighted by molar-refractivity contribution is -0.144. The maximum atomic E-state index is 13.0. The number of ether oxygens (including phenoxy) is 1. The quantitative estimate of drug-likeness (QED) is 0.516. The van der Waals surface area contributed by atoms with Crippen molar-refractivity contribution in [3.05, 3.63) is 59.7 Å². The Kier molecular flexibility index (Phi) is 7.73. The summed E-state index contributed by atoms with van der Waals surface area (Å²) in [7, 11) is 0. The van der Waals surface area contributed by atoms with Crippen molar-refractivity contribution < 1.29 is 24.2 Å². The molecule has 0 radical (unpaired) electrons. The Morgan fingerprint density at radius 3 is 2.17 bits per heavy atom. The molecule has 4 rings (SSSR count). The van der Waals surface area contributed by atoms with Crippen LogP contribution in [0.4, 0.5) is 4.79 Å². The Labute approximate surface area is 206 Å². The molecule has 0 aliphatic heterocycles. The zero-order chi connectivity index (χ0) is 24.9. The van der Waals surface area contributed by atoms with Crippen molar-refractivity contribution in [1.29, 1.82) is 0 Å². The number of hydrogen-bond acceptors (Lipinski definition) is 4. The van der Waals surface area contributed by atoms with E-state index in [-0.39, 0.29) is 36.9 Å². The highest BCUT2D eigenvalue weighted by molar-refractivity contribution is 5.82. The van der Waals surface area contributed by atoms with Gasteiger partial charge in [0.25, 0.3) is 0 Å². The summed E-state index contributed by atoms with van der Waals surface area (Å²) in [5.74, 6) is -2.19. The minimum atomic E-state index is -0.868. The third-order valence-electron chi connectivity index (χ3n) is 7.36. The van der Waals surface area contributed by atoms with Gasteiger partial charge in [0.1, 0.15) is 6.61 Å². The minimum Gasteiger partial charge on any atom is -0.481 e. The van der Waals surface area contributed by atoms with Gasteiger partial charge in [-0.1, -0.05) is 75.2 Å². The van der Waals surface area contributed by atoms with E-state index >= 15 is 0 Å². The van der Waals surface area contributed by atoms with Crippen LogP contribution in [0.15, 0.2) is 48.5 Å². The summed E-state index contributed by atoms with van der Waals surface area (Å²) in [5.41, 5.74) is 4.61. The number of rotatable bonds is 8. The molecule has 2 aromatic carbocycles. The van der Waals surface area contributed by atoms with Crippen molar-refractivity contribution in [2.24, 2.45) is 17.8 Å². The zero-order valence-corrected chi connectivity index (χ0v) is 20.3. The molecule has 2 aliphatic carbocycles. The molecule has 2 amide bonds. The fraction of sp³-hybridized carbons (Fsp3) is 0.464. The van der Waals surface area contributed by atoms with E-state index < -0.39 is 23.9 Å².